The Hall–Kier alpha value is -2.99. The van der Waals surface area contributed by atoms with Gasteiger partial charge in [-0.05, 0) is 55.6 Å². The number of carbonyl (C=O) groups is 1. The topological polar surface area (TPSA) is 58.9 Å². The van der Waals surface area contributed by atoms with Gasteiger partial charge in [-0.15, -0.1) is 0 Å². The fraction of sp³-hybridized carbons (Fsp3) is 0.273. The van der Waals surface area contributed by atoms with Gasteiger partial charge in [0.1, 0.15) is 11.5 Å². The molecule has 0 unspecified atom stereocenters. The Bertz CT molecular complexity index is 1010. The number of nitrogens with zero attached hydrogens (tertiary/aromatic N) is 2. The normalized spacial score (nSPS) is 12.8. The third-order valence-corrected chi connectivity index (χ3v) is 4.99. The standard InChI is InChI=1S/C22H23FN4O/c1-2-24-14-15-7-5-8-16(13-15)25-22(28)21-17-9-6-12-19(17)27(26-21)20-11-4-3-10-18(20)23/h3-5,7-8,10-11,13,24H,2,6,9,12,14H2,1H3,(H,25,28). The molecule has 1 aliphatic rings. The number of fused-ring (bicyclic) bond motifs is 1. The summed E-state index contributed by atoms with van der Waals surface area (Å²) in [6, 6.07) is 14.3. The number of benzene rings is 2. The summed E-state index contributed by atoms with van der Waals surface area (Å²) >= 11 is 0. The largest absolute Gasteiger partial charge is 0.321 e. The van der Waals surface area contributed by atoms with Crippen molar-refractivity contribution in [3.8, 4) is 5.69 Å². The first-order valence-corrected chi connectivity index (χ1v) is 9.64. The van der Waals surface area contributed by atoms with E-state index >= 15 is 0 Å². The van der Waals surface area contributed by atoms with Crippen LogP contribution in [0.2, 0.25) is 0 Å². The van der Waals surface area contributed by atoms with Crippen molar-refractivity contribution >= 4 is 11.6 Å². The predicted octanol–water partition coefficient (Wildman–Crippen LogP) is 3.86. The lowest BCUT2D eigenvalue weighted by atomic mass is 10.1. The van der Waals surface area contributed by atoms with Gasteiger partial charge in [0.05, 0.1) is 0 Å². The van der Waals surface area contributed by atoms with Crippen molar-refractivity contribution in [3.63, 3.8) is 0 Å². The maximum atomic E-state index is 14.3. The van der Waals surface area contributed by atoms with E-state index in [9.17, 15) is 9.18 Å². The predicted molar refractivity (Wildman–Crippen MR) is 107 cm³/mol. The van der Waals surface area contributed by atoms with Gasteiger partial charge in [0.25, 0.3) is 5.91 Å². The maximum Gasteiger partial charge on any atom is 0.276 e. The van der Waals surface area contributed by atoms with Gasteiger partial charge in [-0.1, -0.05) is 31.2 Å². The molecule has 28 heavy (non-hydrogen) atoms. The molecule has 4 rings (SSSR count). The highest BCUT2D eigenvalue weighted by Crippen LogP contribution is 2.29. The van der Waals surface area contributed by atoms with Gasteiger partial charge in [0.2, 0.25) is 0 Å². The molecule has 0 fully saturated rings. The van der Waals surface area contributed by atoms with Crippen LogP contribution in [0.3, 0.4) is 0 Å². The van der Waals surface area contributed by atoms with E-state index in [2.05, 4.69) is 22.7 Å². The lowest BCUT2D eigenvalue weighted by molar-refractivity contribution is 0.102. The molecule has 1 aromatic heterocycles. The zero-order valence-corrected chi connectivity index (χ0v) is 15.8. The third kappa shape index (κ3) is 3.55. The van der Waals surface area contributed by atoms with Crippen LogP contribution in [0.5, 0.6) is 0 Å². The highest BCUT2D eigenvalue weighted by Gasteiger charge is 2.27. The van der Waals surface area contributed by atoms with Crippen molar-refractivity contribution in [3.05, 3.63) is 76.9 Å². The second kappa shape index (κ2) is 7.94. The molecule has 0 saturated carbocycles. The van der Waals surface area contributed by atoms with E-state index in [1.165, 1.54) is 6.07 Å². The molecule has 144 valence electrons. The number of para-hydroxylation sites is 1. The number of anilines is 1. The Morgan fingerprint density at radius 3 is 2.86 bits per heavy atom. The molecule has 0 bridgehead atoms. The van der Waals surface area contributed by atoms with Crippen molar-refractivity contribution in [2.24, 2.45) is 0 Å². The lowest BCUT2D eigenvalue weighted by Crippen LogP contribution is -2.16. The monoisotopic (exact) mass is 378 g/mol. The van der Waals surface area contributed by atoms with Crippen molar-refractivity contribution in [1.82, 2.24) is 15.1 Å². The second-order valence-corrected chi connectivity index (χ2v) is 6.93. The fourth-order valence-corrected chi connectivity index (χ4v) is 3.66. The molecule has 1 amide bonds. The first kappa shape index (κ1) is 18.4. The van der Waals surface area contributed by atoms with Gasteiger partial charge in [-0.25, -0.2) is 9.07 Å². The Morgan fingerprint density at radius 2 is 2.04 bits per heavy atom. The number of aromatic nitrogens is 2. The Kier molecular flexibility index (Phi) is 5.21. The molecule has 0 saturated heterocycles. The molecule has 3 aromatic rings. The molecule has 6 heteroatoms. The van der Waals surface area contributed by atoms with Crippen LogP contribution in [0, 0.1) is 5.82 Å². The number of hydrogen-bond donors (Lipinski definition) is 2. The molecular formula is C22H23FN4O. The van der Waals surface area contributed by atoms with Crippen molar-refractivity contribution in [1.29, 1.82) is 0 Å². The number of halogens is 1. The highest BCUT2D eigenvalue weighted by molar-refractivity contribution is 6.04. The summed E-state index contributed by atoms with van der Waals surface area (Å²) in [5.41, 5.74) is 4.44. The number of nitrogens with one attached hydrogen (secondary N) is 2. The van der Waals surface area contributed by atoms with Crippen LogP contribution in [0.4, 0.5) is 10.1 Å². The second-order valence-electron chi connectivity index (χ2n) is 6.93. The van der Waals surface area contributed by atoms with Crippen molar-refractivity contribution < 1.29 is 9.18 Å². The molecule has 2 N–H and O–H groups in total. The van der Waals surface area contributed by atoms with Gasteiger partial charge in [0, 0.05) is 23.5 Å². The van der Waals surface area contributed by atoms with Gasteiger partial charge in [-0.2, -0.15) is 5.10 Å². The molecule has 0 atom stereocenters. The highest BCUT2D eigenvalue weighted by atomic mass is 19.1. The van der Waals surface area contributed by atoms with Crippen LogP contribution in [0.25, 0.3) is 5.69 Å². The van der Waals surface area contributed by atoms with Crippen LogP contribution < -0.4 is 10.6 Å². The fourth-order valence-electron chi connectivity index (χ4n) is 3.66. The van der Waals surface area contributed by atoms with Gasteiger partial charge in [0.15, 0.2) is 5.69 Å². The maximum absolute atomic E-state index is 14.3. The minimum Gasteiger partial charge on any atom is -0.321 e. The Balaban J connectivity index is 1.62. The Morgan fingerprint density at radius 1 is 1.18 bits per heavy atom. The Labute approximate surface area is 163 Å². The molecule has 1 heterocycles. The van der Waals surface area contributed by atoms with Crippen LogP contribution in [0.15, 0.2) is 48.5 Å². The summed E-state index contributed by atoms with van der Waals surface area (Å²) in [5.74, 6) is -0.600. The van der Waals surface area contributed by atoms with Crippen molar-refractivity contribution in [2.75, 3.05) is 11.9 Å². The van der Waals surface area contributed by atoms with E-state index in [-0.39, 0.29) is 11.7 Å². The molecule has 0 aliphatic heterocycles. The van der Waals surface area contributed by atoms with Crippen LogP contribution in [-0.2, 0) is 19.4 Å². The van der Waals surface area contributed by atoms with E-state index < -0.39 is 0 Å². The molecule has 5 nitrogen and oxygen atoms in total. The molecule has 0 spiro atoms. The minimum absolute atomic E-state index is 0.256. The molecular weight excluding hydrogens is 355 g/mol. The van der Waals surface area contributed by atoms with E-state index in [1.807, 2.05) is 24.3 Å². The zero-order chi connectivity index (χ0) is 19.5. The average Bonchev–Trinajstić information content (AvgIpc) is 3.30. The molecule has 2 aromatic carbocycles. The lowest BCUT2D eigenvalue weighted by Gasteiger charge is -2.08. The summed E-state index contributed by atoms with van der Waals surface area (Å²) in [4.78, 5) is 12.9. The SMILES string of the molecule is CCNCc1cccc(NC(=O)c2nn(-c3ccccc3F)c3c2CCC3)c1. The van der Waals surface area contributed by atoms with E-state index in [0.717, 1.165) is 54.9 Å². The van der Waals surface area contributed by atoms with E-state index in [4.69, 9.17) is 0 Å². The third-order valence-electron chi connectivity index (χ3n) is 4.99. The van der Waals surface area contributed by atoms with E-state index in [1.54, 1.807) is 22.9 Å². The summed E-state index contributed by atoms with van der Waals surface area (Å²) < 4.78 is 15.9. The zero-order valence-electron chi connectivity index (χ0n) is 15.8. The smallest absolute Gasteiger partial charge is 0.276 e. The first-order chi connectivity index (χ1) is 13.7. The van der Waals surface area contributed by atoms with Gasteiger partial charge in [-0.3, -0.25) is 4.79 Å². The van der Waals surface area contributed by atoms with E-state index in [0.29, 0.717) is 11.4 Å². The minimum atomic E-state index is -0.345. The average molecular weight is 378 g/mol. The van der Waals surface area contributed by atoms with Crippen LogP contribution >= 0.6 is 0 Å². The number of carbonyl (C=O) groups excluding carboxylic acids is 1. The van der Waals surface area contributed by atoms with Gasteiger partial charge >= 0.3 is 0 Å². The van der Waals surface area contributed by atoms with Crippen LogP contribution in [0.1, 0.15) is 40.7 Å². The number of amides is 1. The molecule has 0 radical (unpaired) electrons. The number of hydrogen-bond acceptors (Lipinski definition) is 3. The number of rotatable bonds is 6. The van der Waals surface area contributed by atoms with Crippen LogP contribution in [-0.4, -0.2) is 22.2 Å². The summed E-state index contributed by atoms with van der Waals surface area (Å²) in [5, 5.41) is 10.7. The van der Waals surface area contributed by atoms with Gasteiger partial charge < -0.3 is 10.6 Å². The summed E-state index contributed by atoms with van der Waals surface area (Å²) in [7, 11) is 0. The first-order valence-electron chi connectivity index (χ1n) is 9.64. The quantitative estimate of drug-likeness (QED) is 0.685. The summed E-state index contributed by atoms with van der Waals surface area (Å²) in [6.45, 7) is 3.69. The van der Waals surface area contributed by atoms with Crippen molar-refractivity contribution in [2.45, 2.75) is 32.7 Å². The molecule has 1 aliphatic carbocycles. The summed E-state index contributed by atoms with van der Waals surface area (Å²) in [6.07, 6.45) is 2.52.